The van der Waals surface area contributed by atoms with Gasteiger partial charge in [-0.2, -0.15) is 0 Å². The Morgan fingerprint density at radius 2 is 2.29 bits per heavy atom. The molecule has 3 nitrogen and oxygen atoms in total. The monoisotopic (exact) mass is 258 g/mol. The third kappa shape index (κ3) is 3.29. The summed E-state index contributed by atoms with van der Waals surface area (Å²) < 4.78 is 6.30. The van der Waals surface area contributed by atoms with E-state index in [4.69, 9.17) is 10.5 Å². The molecule has 0 bridgehead atoms. The maximum absolute atomic E-state index is 5.39. The summed E-state index contributed by atoms with van der Waals surface area (Å²) in [5.41, 5.74) is 6.52. The van der Waals surface area contributed by atoms with Crippen LogP contribution in [0.3, 0.4) is 0 Å². The van der Waals surface area contributed by atoms with Crippen molar-refractivity contribution in [1.29, 1.82) is 0 Å². The molecule has 0 fully saturated rings. The molecule has 0 radical (unpaired) electrons. The van der Waals surface area contributed by atoms with Crippen molar-refractivity contribution in [1.82, 2.24) is 5.32 Å². The van der Waals surface area contributed by atoms with Gasteiger partial charge in [-0.3, -0.25) is 0 Å². The summed E-state index contributed by atoms with van der Waals surface area (Å²) in [6.07, 6.45) is 0. The zero-order valence-corrected chi connectivity index (χ0v) is 9.80. The van der Waals surface area contributed by atoms with Gasteiger partial charge in [0, 0.05) is 29.7 Å². The zero-order chi connectivity index (χ0) is 10.4. The molecular weight excluding hydrogens is 244 g/mol. The molecule has 0 aliphatic heterocycles. The van der Waals surface area contributed by atoms with Crippen LogP contribution in [0.5, 0.6) is 5.75 Å². The number of nitrogens with one attached hydrogen (secondary N) is 1. The Hall–Kier alpha value is -0.580. The quantitative estimate of drug-likeness (QED) is 0.788. The highest BCUT2D eigenvalue weighted by Gasteiger charge is 2.02. The minimum atomic E-state index is 0.649. The van der Waals surface area contributed by atoms with E-state index in [1.54, 1.807) is 7.11 Å². The lowest BCUT2D eigenvalue weighted by molar-refractivity contribution is 0.407. The molecule has 0 atom stereocenters. The Morgan fingerprint density at radius 3 is 2.93 bits per heavy atom. The van der Waals surface area contributed by atoms with Crippen LogP contribution >= 0.6 is 15.9 Å². The van der Waals surface area contributed by atoms with E-state index in [-0.39, 0.29) is 0 Å². The van der Waals surface area contributed by atoms with Gasteiger partial charge in [0.25, 0.3) is 0 Å². The van der Waals surface area contributed by atoms with Gasteiger partial charge in [0.05, 0.1) is 7.11 Å². The van der Waals surface area contributed by atoms with Gasteiger partial charge in [-0.1, -0.05) is 15.9 Å². The third-order valence-electron chi connectivity index (χ3n) is 1.88. The molecule has 0 amide bonds. The number of hydrogen-bond donors (Lipinski definition) is 2. The van der Waals surface area contributed by atoms with E-state index in [1.807, 2.05) is 18.2 Å². The van der Waals surface area contributed by atoms with Crippen LogP contribution < -0.4 is 15.8 Å². The Labute approximate surface area is 92.8 Å². The van der Waals surface area contributed by atoms with Crippen molar-refractivity contribution < 1.29 is 4.74 Å². The number of benzene rings is 1. The number of methoxy groups -OCH3 is 1. The second kappa shape index (κ2) is 6.01. The minimum absolute atomic E-state index is 0.649. The predicted molar refractivity (Wildman–Crippen MR) is 61.5 cm³/mol. The van der Waals surface area contributed by atoms with Gasteiger partial charge < -0.3 is 15.8 Å². The first kappa shape index (κ1) is 11.5. The summed E-state index contributed by atoms with van der Waals surface area (Å²) in [5.74, 6) is 0.901. The Bertz CT molecular complexity index is 291. The largest absolute Gasteiger partial charge is 0.496 e. The number of halogens is 1. The van der Waals surface area contributed by atoms with Crippen molar-refractivity contribution in [2.45, 2.75) is 6.54 Å². The van der Waals surface area contributed by atoms with Crippen molar-refractivity contribution >= 4 is 15.9 Å². The lowest BCUT2D eigenvalue weighted by atomic mass is 10.2. The van der Waals surface area contributed by atoms with Crippen LogP contribution in [0.25, 0.3) is 0 Å². The highest BCUT2D eigenvalue weighted by molar-refractivity contribution is 9.10. The average molecular weight is 259 g/mol. The Balaban J connectivity index is 2.67. The Kier molecular flexibility index (Phi) is 4.93. The van der Waals surface area contributed by atoms with Crippen LogP contribution in [-0.2, 0) is 6.54 Å². The van der Waals surface area contributed by atoms with Gasteiger partial charge >= 0.3 is 0 Å². The number of nitrogens with two attached hydrogens (primary N) is 1. The zero-order valence-electron chi connectivity index (χ0n) is 8.22. The fourth-order valence-corrected chi connectivity index (χ4v) is 1.62. The van der Waals surface area contributed by atoms with E-state index in [2.05, 4.69) is 21.2 Å². The molecule has 1 aromatic rings. The molecule has 78 valence electrons. The summed E-state index contributed by atoms with van der Waals surface area (Å²) in [6.45, 7) is 2.24. The minimum Gasteiger partial charge on any atom is -0.496 e. The molecule has 0 aliphatic rings. The lowest BCUT2D eigenvalue weighted by Gasteiger charge is -2.09. The van der Waals surface area contributed by atoms with Gasteiger partial charge in [-0.15, -0.1) is 0 Å². The van der Waals surface area contributed by atoms with Crippen molar-refractivity contribution in [3.63, 3.8) is 0 Å². The molecule has 14 heavy (non-hydrogen) atoms. The van der Waals surface area contributed by atoms with Gasteiger partial charge in [-0.05, 0) is 18.2 Å². The number of hydrogen-bond acceptors (Lipinski definition) is 3. The van der Waals surface area contributed by atoms with Crippen molar-refractivity contribution in [3.8, 4) is 5.75 Å². The highest BCUT2D eigenvalue weighted by atomic mass is 79.9. The van der Waals surface area contributed by atoms with E-state index in [1.165, 1.54) is 0 Å². The maximum Gasteiger partial charge on any atom is 0.123 e. The molecular formula is C10H15BrN2O. The summed E-state index contributed by atoms with van der Waals surface area (Å²) in [5, 5.41) is 3.23. The van der Waals surface area contributed by atoms with E-state index < -0.39 is 0 Å². The van der Waals surface area contributed by atoms with Crippen molar-refractivity contribution in [2.75, 3.05) is 20.2 Å². The molecule has 0 spiro atoms. The first-order valence-electron chi connectivity index (χ1n) is 4.51. The SMILES string of the molecule is COc1ccc(Br)cc1CNCCN. The lowest BCUT2D eigenvalue weighted by Crippen LogP contribution is -2.22. The molecule has 0 aliphatic carbocycles. The molecule has 0 unspecified atom stereocenters. The number of rotatable bonds is 5. The molecule has 0 heterocycles. The first-order chi connectivity index (χ1) is 6.77. The smallest absolute Gasteiger partial charge is 0.123 e. The molecule has 0 saturated heterocycles. The molecule has 4 heteroatoms. The number of ether oxygens (including phenoxy) is 1. The second-order valence-corrected chi connectivity index (χ2v) is 3.84. The van der Waals surface area contributed by atoms with Crippen LogP contribution in [0.4, 0.5) is 0 Å². The molecule has 1 aromatic carbocycles. The van der Waals surface area contributed by atoms with Crippen molar-refractivity contribution in [3.05, 3.63) is 28.2 Å². The van der Waals surface area contributed by atoms with E-state index >= 15 is 0 Å². The average Bonchev–Trinajstić information content (AvgIpc) is 2.19. The molecule has 1 rings (SSSR count). The second-order valence-electron chi connectivity index (χ2n) is 2.92. The summed E-state index contributed by atoms with van der Waals surface area (Å²) in [4.78, 5) is 0. The fourth-order valence-electron chi connectivity index (χ4n) is 1.21. The standard InChI is InChI=1S/C10H15BrN2O/c1-14-10-3-2-9(11)6-8(10)7-13-5-4-12/h2-3,6,13H,4-5,7,12H2,1H3. The van der Waals surface area contributed by atoms with Gasteiger partial charge in [-0.25, -0.2) is 0 Å². The Morgan fingerprint density at radius 1 is 1.50 bits per heavy atom. The van der Waals surface area contributed by atoms with Gasteiger partial charge in [0.1, 0.15) is 5.75 Å². The summed E-state index contributed by atoms with van der Waals surface area (Å²) >= 11 is 3.43. The van der Waals surface area contributed by atoms with Gasteiger partial charge in [0.2, 0.25) is 0 Å². The van der Waals surface area contributed by atoms with Crippen molar-refractivity contribution in [2.24, 2.45) is 5.73 Å². The van der Waals surface area contributed by atoms with Gasteiger partial charge in [0.15, 0.2) is 0 Å². The summed E-state index contributed by atoms with van der Waals surface area (Å²) in [6, 6.07) is 5.96. The van der Waals surface area contributed by atoms with Crippen LogP contribution in [-0.4, -0.2) is 20.2 Å². The molecule has 0 saturated carbocycles. The van der Waals surface area contributed by atoms with Crippen LogP contribution in [0.2, 0.25) is 0 Å². The van der Waals surface area contributed by atoms with E-state index in [0.29, 0.717) is 6.54 Å². The highest BCUT2D eigenvalue weighted by Crippen LogP contribution is 2.22. The fraction of sp³-hybridized carbons (Fsp3) is 0.400. The van der Waals surface area contributed by atoms with Crippen LogP contribution in [0.1, 0.15) is 5.56 Å². The van der Waals surface area contributed by atoms with E-state index in [9.17, 15) is 0 Å². The molecule has 3 N–H and O–H groups in total. The van der Waals surface area contributed by atoms with Crippen LogP contribution in [0.15, 0.2) is 22.7 Å². The normalized spacial score (nSPS) is 10.2. The predicted octanol–water partition coefficient (Wildman–Crippen LogP) is 1.51. The van der Waals surface area contributed by atoms with E-state index in [0.717, 1.165) is 28.9 Å². The summed E-state index contributed by atoms with van der Waals surface area (Å²) in [7, 11) is 1.68. The topological polar surface area (TPSA) is 47.3 Å². The molecule has 0 aromatic heterocycles. The maximum atomic E-state index is 5.39. The van der Waals surface area contributed by atoms with Crippen LogP contribution in [0, 0.1) is 0 Å². The third-order valence-corrected chi connectivity index (χ3v) is 2.37. The first-order valence-corrected chi connectivity index (χ1v) is 5.30.